The molecule has 0 spiro atoms. The molecule has 1 fully saturated rings. The zero-order valence-corrected chi connectivity index (χ0v) is 13.1. The van der Waals surface area contributed by atoms with Crippen molar-refractivity contribution in [2.75, 3.05) is 32.7 Å². The Bertz CT molecular complexity index is 799. The molecular formula is C13H20N6O4. The lowest BCUT2D eigenvalue weighted by Gasteiger charge is -2.25. The number of imidazole rings is 1. The summed E-state index contributed by atoms with van der Waals surface area (Å²) in [5, 5.41) is 11.6. The van der Waals surface area contributed by atoms with Crippen molar-refractivity contribution in [3.05, 3.63) is 27.2 Å². The normalized spacial score (nSPS) is 15.2. The SMILES string of the molecule is Cn1c(=O)c2[nH]cnc2n(C)c1=O.O=C(O)CN1CCNCC1. The summed E-state index contributed by atoms with van der Waals surface area (Å²) in [6.07, 6.45) is 1.39. The number of carboxylic acids is 1. The second-order valence-corrected chi connectivity index (χ2v) is 5.23. The molecule has 0 amide bonds. The second kappa shape index (κ2) is 7.20. The van der Waals surface area contributed by atoms with Gasteiger partial charge in [0.1, 0.15) is 5.52 Å². The number of aryl methyl sites for hydroxylation is 1. The van der Waals surface area contributed by atoms with Gasteiger partial charge >= 0.3 is 11.7 Å². The third-order valence-corrected chi connectivity index (χ3v) is 3.60. The molecule has 0 aromatic carbocycles. The summed E-state index contributed by atoms with van der Waals surface area (Å²) in [5.74, 6) is -0.734. The number of H-pyrrole nitrogens is 1. The fourth-order valence-corrected chi connectivity index (χ4v) is 2.33. The van der Waals surface area contributed by atoms with Gasteiger partial charge in [0.05, 0.1) is 12.9 Å². The Morgan fingerprint density at radius 1 is 1.26 bits per heavy atom. The van der Waals surface area contributed by atoms with Gasteiger partial charge in [-0.15, -0.1) is 0 Å². The minimum Gasteiger partial charge on any atom is -0.480 e. The minimum absolute atomic E-state index is 0.182. The third-order valence-electron chi connectivity index (χ3n) is 3.60. The average Bonchev–Trinajstić information content (AvgIpc) is 3.02. The van der Waals surface area contributed by atoms with E-state index in [1.807, 2.05) is 4.90 Å². The Morgan fingerprint density at radius 2 is 1.91 bits per heavy atom. The van der Waals surface area contributed by atoms with E-state index in [4.69, 9.17) is 5.11 Å². The Balaban J connectivity index is 0.000000174. The zero-order valence-electron chi connectivity index (χ0n) is 13.1. The van der Waals surface area contributed by atoms with Crippen LogP contribution in [0.15, 0.2) is 15.9 Å². The molecule has 0 unspecified atom stereocenters. The Hall–Kier alpha value is -2.46. The van der Waals surface area contributed by atoms with E-state index in [9.17, 15) is 14.4 Å². The summed E-state index contributed by atoms with van der Waals surface area (Å²) < 4.78 is 2.37. The highest BCUT2D eigenvalue weighted by Gasteiger charge is 2.11. The maximum absolute atomic E-state index is 11.4. The van der Waals surface area contributed by atoms with Gasteiger partial charge in [-0.25, -0.2) is 9.78 Å². The smallest absolute Gasteiger partial charge is 0.332 e. The first-order valence-electron chi connectivity index (χ1n) is 7.15. The third kappa shape index (κ3) is 3.85. The van der Waals surface area contributed by atoms with Crippen molar-refractivity contribution in [1.29, 1.82) is 0 Å². The molecule has 1 aliphatic rings. The van der Waals surface area contributed by atoms with E-state index < -0.39 is 5.97 Å². The highest BCUT2D eigenvalue weighted by molar-refractivity contribution is 5.69. The van der Waals surface area contributed by atoms with Gasteiger partial charge in [0.25, 0.3) is 5.56 Å². The van der Waals surface area contributed by atoms with E-state index in [0.29, 0.717) is 11.2 Å². The number of nitrogens with zero attached hydrogens (tertiary/aromatic N) is 4. The number of hydrogen-bond acceptors (Lipinski definition) is 6. The summed E-state index contributed by atoms with van der Waals surface area (Å²) in [6, 6.07) is 0. The highest BCUT2D eigenvalue weighted by Crippen LogP contribution is 1.97. The predicted octanol–water partition coefficient (Wildman–Crippen LogP) is -2.06. The molecule has 0 radical (unpaired) electrons. The largest absolute Gasteiger partial charge is 0.480 e. The van der Waals surface area contributed by atoms with Crippen LogP contribution in [0.4, 0.5) is 0 Å². The van der Waals surface area contributed by atoms with Gasteiger partial charge in [0.2, 0.25) is 0 Å². The fraction of sp³-hybridized carbons (Fsp3) is 0.538. The van der Waals surface area contributed by atoms with E-state index in [1.54, 1.807) is 7.05 Å². The zero-order chi connectivity index (χ0) is 17.0. The maximum atomic E-state index is 11.4. The number of aliphatic carboxylic acids is 1. The second-order valence-electron chi connectivity index (χ2n) is 5.23. The van der Waals surface area contributed by atoms with Crippen LogP contribution in [0.5, 0.6) is 0 Å². The van der Waals surface area contributed by atoms with Crippen molar-refractivity contribution in [1.82, 2.24) is 29.3 Å². The van der Waals surface area contributed by atoms with Gasteiger partial charge in [-0.2, -0.15) is 0 Å². The summed E-state index contributed by atoms with van der Waals surface area (Å²) >= 11 is 0. The van der Waals surface area contributed by atoms with Gasteiger partial charge in [-0.3, -0.25) is 23.6 Å². The van der Waals surface area contributed by atoms with Crippen molar-refractivity contribution >= 4 is 17.1 Å². The topological polar surface area (TPSA) is 125 Å². The number of piperazine rings is 1. The van der Waals surface area contributed by atoms with Crippen molar-refractivity contribution in [3.8, 4) is 0 Å². The molecule has 23 heavy (non-hydrogen) atoms. The molecule has 0 saturated carbocycles. The number of aromatic nitrogens is 4. The van der Waals surface area contributed by atoms with Crippen molar-refractivity contribution < 1.29 is 9.90 Å². The predicted molar refractivity (Wildman–Crippen MR) is 83.5 cm³/mol. The first-order valence-corrected chi connectivity index (χ1v) is 7.15. The molecule has 3 heterocycles. The molecular weight excluding hydrogens is 304 g/mol. The molecule has 10 heteroatoms. The summed E-state index contributed by atoms with van der Waals surface area (Å²) in [7, 11) is 3.01. The van der Waals surface area contributed by atoms with Crippen LogP contribution >= 0.6 is 0 Å². The van der Waals surface area contributed by atoms with E-state index in [0.717, 1.165) is 30.7 Å². The Labute approximate surface area is 131 Å². The number of nitrogens with one attached hydrogen (secondary N) is 2. The van der Waals surface area contributed by atoms with E-state index >= 15 is 0 Å². The van der Waals surface area contributed by atoms with Crippen LogP contribution in [0.2, 0.25) is 0 Å². The molecule has 0 bridgehead atoms. The lowest BCUT2D eigenvalue weighted by atomic mass is 10.3. The molecule has 10 nitrogen and oxygen atoms in total. The molecule has 1 aliphatic heterocycles. The van der Waals surface area contributed by atoms with Crippen LogP contribution < -0.4 is 16.6 Å². The van der Waals surface area contributed by atoms with Gasteiger partial charge in [0.15, 0.2) is 5.65 Å². The number of carboxylic acid groups (broad SMARTS) is 1. The van der Waals surface area contributed by atoms with Crippen molar-refractivity contribution in [3.63, 3.8) is 0 Å². The lowest BCUT2D eigenvalue weighted by Crippen LogP contribution is -2.45. The molecule has 0 aliphatic carbocycles. The highest BCUT2D eigenvalue weighted by atomic mass is 16.4. The van der Waals surface area contributed by atoms with Crippen molar-refractivity contribution in [2.45, 2.75) is 0 Å². The van der Waals surface area contributed by atoms with Gasteiger partial charge in [-0.05, 0) is 0 Å². The summed E-state index contributed by atoms with van der Waals surface area (Å²) in [6.45, 7) is 3.71. The monoisotopic (exact) mass is 324 g/mol. The Kier molecular flexibility index (Phi) is 5.29. The van der Waals surface area contributed by atoms with Crippen LogP contribution in [0.25, 0.3) is 11.2 Å². The number of fused-ring (bicyclic) bond motifs is 1. The van der Waals surface area contributed by atoms with Gasteiger partial charge in [0, 0.05) is 40.3 Å². The van der Waals surface area contributed by atoms with E-state index in [1.165, 1.54) is 17.9 Å². The van der Waals surface area contributed by atoms with E-state index in [-0.39, 0.29) is 17.8 Å². The quantitative estimate of drug-likeness (QED) is 0.580. The van der Waals surface area contributed by atoms with E-state index in [2.05, 4.69) is 15.3 Å². The summed E-state index contributed by atoms with van der Waals surface area (Å²) in [5.41, 5.74) is 0.0119. The van der Waals surface area contributed by atoms with Crippen LogP contribution in [0, 0.1) is 0 Å². The first kappa shape index (κ1) is 16.9. The van der Waals surface area contributed by atoms with Crippen LogP contribution in [-0.4, -0.2) is 67.8 Å². The van der Waals surface area contributed by atoms with Crippen LogP contribution in [0.3, 0.4) is 0 Å². The molecule has 0 atom stereocenters. The van der Waals surface area contributed by atoms with Gasteiger partial charge in [-0.1, -0.05) is 0 Å². The summed E-state index contributed by atoms with van der Waals surface area (Å²) in [4.78, 5) is 41.5. The standard InChI is InChI=1S/C7H8N4O2.C6H12N2O2/c1-10-5-4(8-3-9-5)6(12)11(2)7(10)13;9-6(10)5-8-3-1-7-2-4-8/h3H,1-2H3,(H,8,9);7H,1-5H2,(H,9,10). The fourth-order valence-electron chi connectivity index (χ4n) is 2.33. The Morgan fingerprint density at radius 3 is 2.52 bits per heavy atom. The molecule has 126 valence electrons. The molecule has 3 N–H and O–H groups in total. The average molecular weight is 324 g/mol. The molecule has 2 aromatic heterocycles. The number of hydrogen-bond donors (Lipinski definition) is 3. The van der Waals surface area contributed by atoms with Crippen LogP contribution in [0.1, 0.15) is 0 Å². The molecule has 3 rings (SSSR count). The number of carbonyl (C=O) groups is 1. The minimum atomic E-state index is -0.734. The first-order chi connectivity index (χ1) is 10.9. The number of aromatic amines is 1. The molecule has 2 aromatic rings. The van der Waals surface area contributed by atoms with Crippen molar-refractivity contribution in [2.24, 2.45) is 14.1 Å². The number of rotatable bonds is 2. The van der Waals surface area contributed by atoms with Gasteiger partial charge < -0.3 is 15.4 Å². The maximum Gasteiger partial charge on any atom is 0.332 e. The van der Waals surface area contributed by atoms with Crippen LogP contribution in [-0.2, 0) is 18.9 Å². The molecule has 1 saturated heterocycles. The lowest BCUT2D eigenvalue weighted by molar-refractivity contribution is -0.138.